The molecule has 180 valence electrons. The van der Waals surface area contributed by atoms with E-state index in [9.17, 15) is 13.2 Å². The van der Waals surface area contributed by atoms with E-state index < -0.39 is 22.5 Å². The molecule has 0 unspecified atom stereocenters. The van der Waals surface area contributed by atoms with Gasteiger partial charge in [0, 0.05) is 22.3 Å². The second-order valence-electron chi connectivity index (χ2n) is 8.17. The summed E-state index contributed by atoms with van der Waals surface area (Å²) in [4.78, 5) is 12.7. The van der Waals surface area contributed by atoms with Crippen LogP contribution in [0.1, 0.15) is 17.0 Å². The van der Waals surface area contributed by atoms with Crippen LogP contribution in [0.25, 0.3) is 16.5 Å². The zero-order valence-corrected chi connectivity index (χ0v) is 21.1. The van der Waals surface area contributed by atoms with E-state index in [0.29, 0.717) is 10.7 Å². The maximum atomic E-state index is 12.7. The Morgan fingerprint density at radius 1 is 1.06 bits per heavy atom. The molecule has 0 saturated carbocycles. The van der Waals surface area contributed by atoms with E-state index in [1.54, 1.807) is 12.1 Å². The minimum absolute atomic E-state index is 0.400. The molecule has 0 aliphatic heterocycles. The van der Waals surface area contributed by atoms with Crippen molar-refractivity contribution in [3.05, 3.63) is 94.8 Å². The van der Waals surface area contributed by atoms with Crippen molar-refractivity contribution in [2.75, 3.05) is 17.1 Å². The zero-order chi connectivity index (χ0) is 25.2. The second kappa shape index (κ2) is 9.93. The molecule has 0 atom stereocenters. The van der Waals surface area contributed by atoms with E-state index >= 15 is 0 Å². The number of aryl methyl sites for hydroxylation is 1. The summed E-state index contributed by atoms with van der Waals surface area (Å²) in [7, 11) is -3.72. The van der Waals surface area contributed by atoms with Crippen LogP contribution in [-0.2, 0) is 14.8 Å². The molecule has 1 N–H and O–H groups in total. The SMILES string of the molecule is Cc1cc(/C=N\NC(=O)CN(c2cccc3ccccc23)S(C)(=O)=O)c(C)n1-c1ccccc1Cl. The molecule has 0 aliphatic carbocycles. The topological polar surface area (TPSA) is 83.8 Å². The highest BCUT2D eigenvalue weighted by Gasteiger charge is 2.22. The number of carbonyl (C=O) groups excluding carboxylic acids is 1. The highest BCUT2D eigenvalue weighted by Crippen LogP contribution is 2.28. The number of carbonyl (C=O) groups is 1. The number of halogens is 1. The summed E-state index contributed by atoms with van der Waals surface area (Å²) in [5.41, 5.74) is 6.41. The number of para-hydroxylation sites is 1. The Balaban J connectivity index is 1.54. The molecular formula is C26H25ClN4O3S. The Hall–Kier alpha value is -3.62. The fourth-order valence-electron chi connectivity index (χ4n) is 4.07. The number of hydrazone groups is 1. The lowest BCUT2D eigenvalue weighted by molar-refractivity contribution is -0.119. The van der Waals surface area contributed by atoms with E-state index in [-0.39, 0.29) is 0 Å². The van der Waals surface area contributed by atoms with Gasteiger partial charge >= 0.3 is 0 Å². The molecule has 9 heteroatoms. The third-order valence-electron chi connectivity index (χ3n) is 5.68. The molecule has 35 heavy (non-hydrogen) atoms. The van der Waals surface area contributed by atoms with E-state index in [1.165, 1.54) is 6.21 Å². The monoisotopic (exact) mass is 508 g/mol. The summed E-state index contributed by atoms with van der Waals surface area (Å²) in [5.74, 6) is -0.556. The summed E-state index contributed by atoms with van der Waals surface area (Å²) >= 11 is 6.36. The number of benzene rings is 3. The van der Waals surface area contributed by atoms with Crippen LogP contribution >= 0.6 is 11.6 Å². The highest BCUT2D eigenvalue weighted by molar-refractivity contribution is 7.92. The van der Waals surface area contributed by atoms with Gasteiger partial charge in [0.15, 0.2) is 0 Å². The van der Waals surface area contributed by atoms with Crippen LogP contribution in [0.2, 0.25) is 5.02 Å². The minimum atomic E-state index is -3.72. The molecule has 0 fully saturated rings. The number of sulfonamides is 1. The predicted octanol–water partition coefficient (Wildman–Crippen LogP) is 4.82. The Morgan fingerprint density at radius 3 is 2.49 bits per heavy atom. The fourth-order valence-corrected chi connectivity index (χ4v) is 5.16. The van der Waals surface area contributed by atoms with Gasteiger partial charge in [-0.2, -0.15) is 5.10 Å². The van der Waals surface area contributed by atoms with Crippen LogP contribution in [0.3, 0.4) is 0 Å². The van der Waals surface area contributed by atoms with Gasteiger partial charge in [-0.05, 0) is 43.5 Å². The number of hydrogen-bond acceptors (Lipinski definition) is 4. The molecule has 0 spiro atoms. The summed E-state index contributed by atoms with van der Waals surface area (Å²) in [6, 6.07) is 22.2. The number of rotatable bonds is 7. The number of amides is 1. The largest absolute Gasteiger partial charge is 0.316 e. The molecular weight excluding hydrogens is 484 g/mol. The average Bonchev–Trinajstić information content (AvgIpc) is 3.09. The zero-order valence-electron chi connectivity index (χ0n) is 19.6. The van der Waals surface area contributed by atoms with Crippen LogP contribution < -0.4 is 9.73 Å². The van der Waals surface area contributed by atoms with Crippen molar-refractivity contribution in [1.82, 2.24) is 9.99 Å². The van der Waals surface area contributed by atoms with Gasteiger partial charge in [-0.15, -0.1) is 0 Å². The van der Waals surface area contributed by atoms with E-state index in [1.807, 2.05) is 79.1 Å². The number of nitrogens with one attached hydrogen (secondary N) is 1. The first-order chi connectivity index (χ1) is 16.7. The smallest absolute Gasteiger partial charge is 0.260 e. The normalized spacial score (nSPS) is 11.8. The van der Waals surface area contributed by atoms with Crippen LogP contribution in [0.5, 0.6) is 0 Å². The lowest BCUT2D eigenvalue weighted by Crippen LogP contribution is -2.39. The number of hydrogen-bond donors (Lipinski definition) is 1. The minimum Gasteiger partial charge on any atom is -0.316 e. The Morgan fingerprint density at radius 2 is 1.74 bits per heavy atom. The van der Waals surface area contributed by atoms with Crippen molar-refractivity contribution >= 4 is 50.2 Å². The summed E-state index contributed by atoms with van der Waals surface area (Å²) in [6.45, 7) is 3.49. The molecule has 1 amide bonds. The van der Waals surface area contributed by atoms with Gasteiger partial charge in [0.25, 0.3) is 5.91 Å². The van der Waals surface area contributed by atoms with Gasteiger partial charge in [-0.25, -0.2) is 13.8 Å². The van der Waals surface area contributed by atoms with E-state index in [4.69, 9.17) is 11.6 Å². The first-order valence-corrected chi connectivity index (χ1v) is 13.1. The first-order valence-electron chi connectivity index (χ1n) is 10.9. The highest BCUT2D eigenvalue weighted by atomic mass is 35.5. The molecule has 1 aromatic heterocycles. The molecule has 1 heterocycles. The molecule has 0 aliphatic rings. The Kier molecular flexibility index (Phi) is 6.95. The molecule has 3 aromatic carbocycles. The predicted molar refractivity (Wildman–Crippen MR) is 142 cm³/mol. The quantitative estimate of drug-likeness (QED) is 0.287. The van der Waals surface area contributed by atoms with Crippen LogP contribution in [0.4, 0.5) is 5.69 Å². The van der Waals surface area contributed by atoms with Gasteiger partial charge in [-0.3, -0.25) is 9.10 Å². The molecule has 0 saturated heterocycles. The fraction of sp³-hybridized carbons (Fsp3) is 0.154. The van der Waals surface area contributed by atoms with Gasteiger partial charge in [0.05, 0.1) is 28.9 Å². The van der Waals surface area contributed by atoms with Crippen molar-refractivity contribution in [1.29, 1.82) is 0 Å². The lowest BCUT2D eigenvalue weighted by Gasteiger charge is -2.23. The van der Waals surface area contributed by atoms with Crippen molar-refractivity contribution in [3.63, 3.8) is 0 Å². The van der Waals surface area contributed by atoms with Crippen molar-refractivity contribution in [2.45, 2.75) is 13.8 Å². The molecule has 0 bridgehead atoms. The second-order valence-corrected chi connectivity index (χ2v) is 10.5. The third-order valence-corrected chi connectivity index (χ3v) is 7.13. The summed E-state index contributed by atoms with van der Waals surface area (Å²) in [6.07, 6.45) is 2.62. The standard InChI is InChI=1S/C26H25ClN4O3S/c1-18-15-21(19(2)31(18)25-13-7-6-12-23(25)27)16-28-29-26(32)17-30(35(3,33)34)24-14-8-10-20-9-4-5-11-22(20)24/h4-16H,17H2,1-3H3,(H,29,32)/b28-16-. The number of aromatic nitrogens is 1. The van der Waals surface area contributed by atoms with Crippen LogP contribution in [-0.4, -0.2) is 37.9 Å². The third kappa shape index (κ3) is 5.23. The first kappa shape index (κ1) is 24.5. The molecule has 4 aromatic rings. The number of anilines is 1. The van der Waals surface area contributed by atoms with Crippen LogP contribution in [0.15, 0.2) is 77.9 Å². The average molecular weight is 509 g/mol. The summed E-state index contributed by atoms with van der Waals surface area (Å²) in [5, 5.41) is 6.32. The molecule has 4 rings (SSSR count). The van der Waals surface area contributed by atoms with E-state index in [2.05, 4.69) is 10.5 Å². The lowest BCUT2D eigenvalue weighted by atomic mass is 10.1. The van der Waals surface area contributed by atoms with E-state index in [0.717, 1.165) is 44.0 Å². The van der Waals surface area contributed by atoms with Crippen LogP contribution in [0, 0.1) is 13.8 Å². The van der Waals surface area contributed by atoms with Gasteiger partial charge in [0.1, 0.15) is 6.54 Å². The maximum absolute atomic E-state index is 12.7. The number of nitrogens with zero attached hydrogens (tertiary/aromatic N) is 3. The Bertz CT molecular complexity index is 1540. The van der Waals surface area contributed by atoms with Gasteiger partial charge in [0.2, 0.25) is 10.0 Å². The van der Waals surface area contributed by atoms with Gasteiger partial charge < -0.3 is 4.57 Å². The molecule has 0 radical (unpaired) electrons. The Labute approximate surface area is 209 Å². The maximum Gasteiger partial charge on any atom is 0.260 e. The van der Waals surface area contributed by atoms with Crippen molar-refractivity contribution in [2.24, 2.45) is 5.10 Å². The van der Waals surface area contributed by atoms with Crippen molar-refractivity contribution < 1.29 is 13.2 Å². The molecule has 7 nitrogen and oxygen atoms in total. The summed E-state index contributed by atoms with van der Waals surface area (Å²) < 4.78 is 28.2. The van der Waals surface area contributed by atoms with Gasteiger partial charge in [-0.1, -0.05) is 60.1 Å². The van der Waals surface area contributed by atoms with Crippen molar-refractivity contribution in [3.8, 4) is 5.69 Å². The number of fused-ring (bicyclic) bond motifs is 1.